The second kappa shape index (κ2) is 7.85. The molecule has 2 N–H and O–H groups in total. The average Bonchev–Trinajstić information content (AvgIpc) is 2.44. The smallest absolute Gasteiger partial charge is 0.323 e. The van der Waals surface area contributed by atoms with E-state index >= 15 is 0 Å². The van der Waals surface area contributed by atoms with Gasteiger partial charge >= 0.3 is 12.0 Å². The van der Waals surface area contributed by atoms with Crippen LogP contribution in [0.3, 0.4) is 0 Å². The Morgan fingerprint density at radius 1 is 1.35 bits per heavy atom. The number of carbonyl (C=O) groups excluding carboxylic acids is 1. The molecule has 1 rings (SSSR count). The molecule has 2 amide bonds. The Bertz CT molecular complexity index is 520. The van der Waals surface area contributed by atoms with Crippen LogP contribution >= 0.6 is 0 Å². The van der Waals surface area contributed by atoms with E-state index in [1.54, 1.807) is 0 Å². The number of benzene rings is 1. The lowest BCUT2D eigenvalue weighted by Gasteiger charge is -2.19. The van der Waals surface area contributed by atoms with Crippen LogP contribution in [-0.4, -0.2) is 35.1 Å². The number of carboxylic acids is 1. The summed E-state index contributed by atoms with van der Waals surface area (Å²) in [7, 11) is 0. The lowest BCUT2D eigenvalue weighted by molar-refractivity contribution is -0.137. The van der Waals surface area contributed by atoms with Crippen molar-refractivity contribution in [3.8, 4) is 12.3 Å². The van der Waals surface area contributed by atoms with E-state index in [0.29, 0.717) is 6.54 Å². The highest BCUT2D eigenvalue weighted by Gasteiger charge is 2.15. The third-order valence-electron chi connectivity index (χ3n) is 2.82. The number of urea groups is 1. The van der Waals surface area contributed by atoms with Gasteiger partial charge in [0.05, 0.1) is 6.54 Å². The molecule has 5 heteroatoms. The molecule has 0 heterocycles. The summed E-state index contributed by atoms with van der Waals surface area (Å²) in [6, 6.07) is 7.30. The van der Waals surface area contributed by atoms with E-state index in [2.05, 4.69) is 11.2 Å². The lowest BCUT2D eigenvalue weighted by Crippen LogP contribution is -2.42. The fraction of sp³-hybridized carbons (Fsp3) is 0.333. The molecule has 0 unspecified atom stereocenters. The molecule has 1 aromatic carbocycles. The third kappa shape index (κ3) is 4.65. The molecule has 0 saturated carbocycles. The monoisotopic (exact) mass is 274 g/mol. The topological polar surface area (TPSA) is 69.6 Å². The van der Waals surface area contributed by atoms with Crippen molar-refractivity contribution >= 4 is 12.0 Å². The molecule has 0 fully saturated rings. The zero-order valence-corrected chi connectivity index (χ0v) is 11.4. The molecule has 5 nitrogen and oxygen atoms in total. The number of nitrogens with one attached hydrogen (secondary N) is 1. The van der Waals surface area contributed by atoms with Gasteiger partial charge in [0.25, 0.3) is 0 Å². The number of carbonyl (C=O) groups is 2. The molecule has 0 atom stereocenters. The summed E-state index contributed by atoms with van der Waals surface area (Å²) in [6.07, 6.45) is 6.00. The summed E-state index contributed by atoms with van der Waals surface area (Å²) in [5.74, 6) is 1.18. The van der Waals surface area contributed by atoms with Crippen LogP contribution in [0, 0.1) is 12.3 Å². The van der Waals surface area contributed by atoms with E-state index in [0.717, 1.165) is 22.4 Å². The normalized spacial score (nSPS) is 9.60. The summed E-state index contributed by atoms with van der Waals surface area (Å²) in [6.45, 7) is 1.94. The molecule has 0 aliphatic heterocycles. The first-order valence-corrected chi connectivity index (χ1v) is 6.33. The first-order valence-electron chi connectivity index (χ1n) is 6.33. The summed E-state index contributed by atoms with van der Waals surface area (Å²) in [5.41, 5.74) is 2.16. The number of aryl methyl sites for hydroxylation is 1. The number of amides is 2. The first-order chi connectivity index (χ1) is 9.58. The quantitative estimate of drug-likeness (QED) is 0.772. The van der Waals surface area contributed by atoms with Crippen molar-refractivity contribution in [2.75, 3.05) is 13.1 Å². The minimum absolute atomic E-state index is 0.0342. The second-order valence-corrected chi connectivity index (χ2v) is 4.23. The van der Waals surface area contributed by atoms with Gasteiger partial charge in [-0.05, 0) is 17.5 Å². The van der Waals surface area contributed by atoms with Crippen molar-refractivity contribution in [1.29, 1.82) is 0 Å². The number of nitrogens with zero attached hydrogens (tertiary/aromatic N) is 1. The second-order valence-electron chi connectivity index (χ2n) is 4.23. The van der Waals surface area contributed by atoms with Crippen LogP contribution in [0.25, 0.3) is 0 Å². The maximum Gasteiger partial charge on any atom is 0.323 e. The van der Waals surface area contributed by atoms with Crippen LogP contribution in [-0.2, 0) is 17.8 Å². The fourth-order valence-corrected chi connectivity index (χ4v) is 1.83. The number of aliphatic carboxylic acids is 1. The maximum atomic E-state index is 11.9. The molecular formula is C15H18N2O3. The van der Waals surface area contributed by atoms with Crippen LogP contribution in [0.4, 0.5) is 4.79 Å². The van der Waals surface area contributed by atoms with Crippen molar-refractivity contribution in [2.24, 2.45) is 0 Å². The predicted octanol–water partition coefficient (Wildman–Crippen LogP) is 1.48. The largest absolute Gasteiger partial charge is 0.480 e. The molecule has 0 aliphatic carbocycles. The van der Waals surface area contributed by atoms with Crippen LogP contribution in [0.15, 0.2) is 24.3 Å². The fourth-order valence-electron chi connectivity index (χ4n) is 1.83. The van der Waals surface area contributed by atoms with Crippen molar-refractivity contribution in [3.63, 3.8) is 0 Å². The van der Waals surface area contributed by atoms with E-state index in [1.165, 1.54) is 0 Å². The summed E-state index contributed by atoms with van der Waals surface area (Å²) >= 11 is 0. The molecule has 0 bridgehead atoms. The van der Waals surface area contributed by atoms with Gasteiger partial charge in [-0.2, -0.15) is 0 Å². The van der Waals surface area contributed by atoms with Crippen molar-refractivity contribution in [2.45, 2.75) is 19.9 Å². The molecule has 0 spiro atoms. The Balaban J connectivity index is 2.65. The highest BCUT2D eigenvalue weighted by Crippen LogP contribution is 2.09. The highest BCUT2D eigenvalue weighted by molar-refractivity contribution is 5.80. The zero-order chi connectivity index (χ0) is 15.0. The predicted molar refractivity (Wildman–Crippen MR) is 76.1 cm³/mol. The number of rotatable bonds is 6. The zero-order valence-electron chi connectivity index (χ0n) is 11.4. The Kier molecular flexibility index (Phi) is 6.11. The SMILES string of the molecule is C#CCN(CC(=O)O)C(=O)NCc1ccccc1CC. The minimum Gasteiger partial charge on any atom is -0.480 e. The molecular weight excluding hydrogens is 256 g/mol. The van der Waals surface area contributed by atoms with E-state index < -0.39 is 18.5 Å². The van der Waals surface area contributed by atoms with Gasteiger partial charge in [-0.3, -0.25) is 4.79 Å². The summed E-state index contributed by atoms with van der Waals surface area (Å²) < 4.78 is 0. The van der Waals surface area contributed by atoms with Gasteiger partial charge in [0, 0.05) is 6.54 Å². The van der Waals surface area contributed by atoms with E-state index in [-0.39, 0.29) is 6.54 Å². The maximum absolute atomic E-state index is 11.9. The minimum atomic E-state index is -1.09. The van der Waals surface area contributed by atoms with Crippen molar-refractivity contribution in [1.82, 2.24) is 10.2 Å². The Labute approximate surface area is 118 Å². The molecule has 0 aliphatic rings. The number of carboxylic acid groups (broad SMARTS) is 1. The van der Waals surface area contributed by atoms with Crippen molar-refractivity contribution in [3.05, 3.63) is 35.4 Å². The lowest BCUT2D eigenvalue weighted by atomic mass is 10.1. The molecule has 20 heavy (non-hydrogen) atoms. The standard InChI is InChI=1S/C15H18N2O3/c1-3-9-17(11-14(18)19)15(20)16-10-13-8-6-5-7-12(13)4-2/h1,5-8H,4,9-11H2,2H3,(H,16,20)(H,18,19). The number of terminal acetylenes is 1. The molecule has 0 radical (unpaired) electrons. The number of hydrogen-bond acceptors (Lipinski definition) is 2. The molecule has 1 aromatic rings. The Hall–Kier alpha value is -2.48. The Morgan fingerprint density at radius 2 is 2.00 bits per heavy atom. The van der Waals surface area contributed by atoms with Crippen LogP contribution in [0.2, 0.25) is 0 Å². The van der Waals surface area contributed by atoms with Crippen LogP contribution in [0.5, 0.6) is 0 Å². The number of hydrogen-bond donors (Lipinski definition) is 2. The van der Waals surface area contributed by atoms with Crippen molar-refractivity contribution < 1.29 is 14.7 Å². The van der Waals surface area contributed by atoms with E-state index in [1.807, 2.05) is 31.2 Å². The molecule has 106 valence electrons. The average molecular weight is 274 g/mol. The van der Waals surface area contributed by atoms with Gasteiger partial charge in [0.2, 0.25) is 0 Å². The van der Waals surface area contributed by atoms with E-state index in [9.17, 15) is 9.59 Å². The van der Waals surface area contributed by atoms with Gasteiger partial charge in [0.1, 0.15) is 6.54 Å². The first kappa shape index (κ1) is 15.6. The van der Waals surface area contributed by atoms with Gasteiger partial charge in [-0.15, -0.1) is 6.42 Å². The van der Waals surface area contributed by atoms with Crippen LogP contribution in [0.1, 0.15) is 18.1 Å². The summed E-state index contributed by atoms with van der Waals surface area (Å²) in [5, 5.41) is 11.4. The third-order valence-corrected chi connectivity index (χ3v) is 2.82. The van der Waals surface area contributed by atoms with E-state index in [4.69, 9.17) is 11.5 Å². The van der Waals surface area contributed by atoms with Gasteiger partial charge < -0.3 is 15.3 Å². The molecule has 0 saturated heterocycles. The summed E-state index contributed by atoms with van der Waals surface area (Å²) in [4.78, 5) is 23.7. The van der Waals surface area contributed by atoms with Gasteiger partial charge in [0.15, 0.2) is 0 Å². The molecule has 0 aromatic heterocycles. The highest BCUT2D eigenvalue weighted by atomic mass is 16.4. The van der Waals surface area contributed by atoms with Gasteiger partial charge in [-0.1, -0.05) is 37.1 Å². The Morgan fingerprint density at radius 3 is 2.55 bits per heavy atom. The van der Waals surface area contributed by atoms with Crippen LogP contribution < -0.4 is 5.32 Å². The van der Waals surface area contributed by atoms with Gasteiger partial charge in [-0.25, -0.2) is 4.79 Å².